The van der Waals surface area contributed by atoms with Crippen molar-refractivity contribution in [3.63, 3.8) is 0 Å². The molecule has 0 saturated carbocycles. The van der Waals surface area contributed by atoms with E-state index >= 15 is 0 Å². The van der Waals surface area contributed by atoms with Crippen molar-refractivity contribution in [3.8, 4) is 11.3 Å². The average molecular weight is 441 g/mol. The zero-order chi connectivity index (χ0) is 22.9. The Kier molecular flexibility index (Phi) is 5.21. The predicted octanol–water partition coefficient (Wildman–Crippen LogP) is 3.51. The number of anilines is 1. The lowest BCUT2D eigenvalue weighted by Crippen LogP contribution is -2.27. The van der Waals surface area contributed by atoms with Crippen LogP contribution in [0.2, 0.25) is 0 Å². The number of nitrogens with two attached hydrogens (primary N) is 1. The largest absolute Gasteiger partial charge is 0.382 e. The fourth-order valence-corrected chi connectivity index (χ4v) is 4.11. The van der Waals surface area contributed by atoms with Gasteiger partial charge in [0.1, 0.15) is 17.0 Å². The van der Waals surface area contributed by atoms with Crippen molar-refractivity contribution in [2.24, 2.45) is 0 Å². The summed E-state index contributed by atoms with van der Waals surface area (Å²) in [5, 5.41) is 10.9. The summed E-state index contributed by atoms with van der Waals surface area (Å²) in [4.78, 5) is 25.9. The van der Waals surface area contributed by atoms with Gasteiger partial charge in [-0.25, -0.2) is 9.97 Å². The first-order valence-electron chi connectivity index (χ1n) is 10.8. The van der Waals surface area contributed by atoms with E-state index in [0.29, 0.717) is 30.0 Å². The maximum Gasteiger partial charge on any atom is 0.269 e. The van der Waals surface area contributed by atoms with Crippen molar-refractivity contribution < 1.29 is 4.79 Å². The third-order valence-corrected chi connectivity index (χ3v) is 5.58. The van der Waals surface area contributed by atoms with Crippen LogP contribution >= 0.6 is 0 Å². The highest BCUT2D eigenvalue weighted by molar-refractivity contribution is 6.07. The van der Waals surface area contributed by atoms with Gasteiger partial charge < -0.3 is 15.6 Å². The number of aromatic amines is 1. The zero-order valence-electron chi connectivity index (χ0n) is 18.4. The third-order valence-electron chi connectivity index (χ3n) is 5.58. The predicted molar refractivity (Wildman–Crippen MR) is 128 cm³/mol. The van der Waals surface area contributed by atoms with E-state index in [2.05, 4.69) is 43.9 Å². The number of carbonyl (C=O) groups is 1. The molecule has 0 aliphatic rings. The van der Waals surface area contributed by atoms with Crippen molar-refractivity contribution in [2.75, 3.05) is 12.3 Å². The number of rotatable bonds is 6. The van der Waals surface area contributed by atoms with Crippen LogP contribution in [-0.4, -0.2) is 42.2 Å². The standard InChI is InChI=1S/C24H24N8O/c1-14(2)32-20(9-11-27-24(33)18-5-3-4-10-26-18)30-21-22(32)16-7-6-15(17-8-12-28-31-17)13-19(16)29-23(21)25/h3-8,10,12-14H,9,11H2,1-2H3,(H2,25,29)(H,27,33)(H,28,31). The van der Waals surface area contributed by atoms with Gasteiger partial charge in [0.2, 0.25) is 0 Å². The number of amides is 1. The number of hydrogen-bond donors (Lipinski definition) is 3. The molecule has 0 fully saturated rings. The van der Waals surface area contributed by atoms with Crippen LogP contribution in [-0.2, 0) is 6.42 Å². The van der Waals surface area contributed by atoms with Crippen LogP contribution in [0.5, 0.6) is 0 Å². The molecule has 0 atom stereocenters. The Bertz CT molecular complexity index is 1440. The van der Waals surface area contributed by atoms with Gasteiger partial charge >= 0.3 is 0 Å². The molecule has 4 aromatic heterocycles. The normalized spacial score (nSPS) is 11.5. The van der Waals surface area contributed by atoms with Crippen molar-refractivity contribution >= 4 is 33.7 Å². The number of pyridine rings is 2. The molecule has 0 saturated heterocycles. The minimum atomic E-state index is -0.208. The molecule has 1 aromatic carbocycles. The highest BCUT2D eigenvalue weighted by atomic mass is 16.1. The second-order valence-corrected chi connectivity index (χ2v) is 8.11. The minimum Gasteiger partial charge on any atom is -0.382 e. The number of hydrogen-bond acceptors (Lipinski definition) is 6. The van der Waals surface area contributed by atoms with Crippen LogP contribution in [0.3, 0.4) is 0 Å². The van der Waals surface area contributed by atoms with Gasteiger partial charge in [-0.3, -0.25) is 14.9 Å². The lowest BCUT2D eigenvalue weighted by Gasteiger charge is -2.15. The molecule has 0 aliphatic carbocycles. The van der Waals surface area contributed by atoms with E-state index in [9.17, 15) is 4.79 Å². The number of nitrogens with zero attached hydrogens (tertiary/aromatic N) is 5. The van der Waals surface area contributed by atoms with Gasteiger partial charge in [0.25, 0.3) is 5.91 Å². The maximum absolute atomic E-state index is 12.3. The van der Waals surface area contributed by atoms with Gasteiger partial charge in [-0.15, -0.1) is 0 Å². The van der Waals surface area contributed by atoms with Crippen molar-refractivity contribution in [1.29, 1.82) is 0 Å². The number of aromatic nitrogens is 6. The van der Waals surface area contributed by atoms with E-state index in [-0.39, 0.29) is 11.9 Å². The lowest BCUT2D eigenvalue weighted by molar-refractivity contribution is 0.0949. The molecule has 5 rings (SSSR count). The molecule has 0 bridgehead atoms. The summed E-state index contributed by atoms with van der Waals surface area (Å²) in [6, 6.07) is 13.4. The van der Waals surface area contributed by atoms with Crippen molar-refractivity contribution in [2.45, 2.75) is 26.3 Å². The lowest BCUT2D eigenvalue weighted by atomic mass is 10.1. The fraction of sp³-hybridized carbons (Fsp3) is 0.208. The number of nitrogens with one attached hydrogen (secondary N) is 2. The number of nitrogen functional groups attached to an aromatic ring is 1. The summed E-state index contributed by atoms with van der Waals surface area (Å²) in [6.45, 7) is 4.65. The molecule has 166 valence electrons. The van der Waals surface area contributed by atoms with Gasteiger partial charge in [0.05, 0.1) is 16.7 Å². The Balaban J connectivity index is 1.51. The molecular weight excluding hydrogens is 416 g/mol. The van der Waals surface area contributed by atoms with Gasteiger partial charge in [-0.05, 0) is 44.2 Å². The van der Waals surface area contributed by atoms with Gasteiger partial charge in [-0.1, -0.05) is 12.1 Å². The first-order chi connectivity index (χ1) is 16.0. The molecule has 9 heteroatoms. The highest BCUT2D eigenvalue weighted by Gasteiger charge is 2.19. The molecule has 0 radical (unpaired) electrons. The second-order valence-electron chi connectivity index (χ2n) is 8.11. The van der Waals surface area contributed by atoms with E-state index < -0.39 is 0 Å². The van der Waals surface area contributed by atoms with Crippen molar-refractivity contribution in [1.82, 2.24) is 35.0 Å². The van der Waals surface area contributed by atoms with Crippen LogP contribution in [0.25, 0.3) is 33.2 Å². The molecule has 0 unspecified atom stereocenters. The Morgan fingerprint density at radius 1 is 1.15 bits per heavy atom. The SMILES string of the molecule is CC(C)n1c(CCNC(=O)c2ccccn2)nc2c(N)nc3cc(-c4ccn[nH]4)ccc3c21. The Labute approximate surface area is 190 Å². The molecule has 9 nitrogen and oxygen atoms in total. The van der Waals surface area contributed by atoms with Crippen LogP contribution in [0, 0.1) is 0 Å². The average Bonchev–Trinajstić information content (AvgIpc) is 3.48. The molecule has 33 heavy (non-hydrogen) atoms. The van der Waals surface area contributed by atoms with Crippen LogP contribution in [0.4, 0.5) is 5.82 Å². The third kappa shape index (κ3) is 3.78. The second kappa shape index (κ2) is 8.34. The Morgan fingerprint density at radius 2 is 2.03 bits per heavy atom. The van der Waals surface area contributed by atoms with E-state index in [4.69, 9.17) is 10.7 Å². The first kappa shape index (κ1) is 20.6. The van der Waals surface area contributed by atoms with Crippen LogP contribution in [0.1, 0.15) is 36.2 Å². The van der Waals surface area contributed by atoms with E-state index in [0.717, 1.165) is 33.5 Å². The molecule has 0 aliphatic heterocycles. The highest BCUT2D eigenvalue weighted by Crippen LogP contribution is 2.33. The van der Waals surface area contributed by atoms with E-state index in [1.54, 1.807) is 30.6 Å². The number of carbonyl (C=O) groups excluding carboxylic acids is 1. The Morgan fingerprint density at radius 3 is 2.76 bits per heavy atom. The quantitative estimate of drug-likeness (QED) is 0.371. The topological polar surface area (TPSA) is 127 Å². The minimum absolute atomic E-state index is 0.147. The van der Waals surface area contributed by atoms with E-state index in [1.807, 2.05) is 24.3 Å². The summed E-state index contributed by atoms with van der Waals surface area (Å²) in [6.07, 6.45) is 3.88. The number of imidazole rings is 1. The van der Waals surface area contributed by atoms with Gasteiger partial charge in [0.15, 0.2) is 5.82 Å². The fourth-order valence-electron chi connectivity index (χ4n) is 4.11. The molecule has 0 spiro atoms. The van der Waals surface area contributed by atoms with Gasteiger partial charge in [0, 0.05) is 42.4 Å². The summed E-state index contributed by atoms with van der Waals surface area (Å²) in [7, 11) is 0. The summed E-state index contributed by atoms with van der Waals surface area (Å²) in [5.74, 6) is 1.03. The summed E-state index contributed by atoms with van der Waals surface area (Å²) in [5.41, 5.74) is 11.1. The Hall–Kier alpha value is -4.27. The molecule has 4 N–H and O–H groups in total. The monoisotopic (exact) mass is 440 g/mol. The molecule has 1 amide bonds. The molecule has 5 aromatic rings. The maximum atomic E-state index is 12.3. The molecule has 4 heterocycles. The smallest absolute Gasteiger partial charge is 0.269 e. The first-order valence-corrected chi connectivity index (χ1v) is 10.8. The number of H-pyrrole nitrogens is 1. The number of benzene rings is 1. The summed E-state index contributed by atoms with van der Waals surface area (Å²) >= 11 is 0. The van der Waals surface area contributed by atoms with Crippen LogP contribution in [0.15, 0.2) is 54.9 Å². The summed E-state index contributed by atoms with van der Waals surface area (Å²) < 4.78 is 2.18. The van der Waals surface area contributed by atoms with Crippen molar-refractivity contribution in [3.05, 3.63) is 66.4 Å². The van der Waals surface area contributed by atoms with Crippen LogP contribution < -0.4 is 11.1 Å². The zero-order valence-corrected chi connectivity index (χ0v) is 18.4. The van der Waals surface area contributed by atoms with E-state index in [1.165, 1.54) is 0 Å². The molecular formula is C24H24N8O. The number of fused-ring (bicyclic) bond motifs is 3. The van der Waals surface area contributed by atoms with Gasteiger partial charge in [-0.2, -0.15) is 5.10 Å².